The maximum absolute atomic E-state index is 14.6. The predicted molar refractivity (Wildman–Crippen MR) is 119 cm³/mol. The fourth-order valence-electron chi connectivity index (χ4n) is 4.51. The van der Waals surface area contributed by atoms with Gasteiger partial charge in [0.1, 0.15) is 11.4 Å². The lowest BCUT2D eigenvalue weighted by molar-refractivity contribution is -0.00525. The maximum Gasteiger partial charge on any atom is 0.410 e. The highest BCUT2D eigenvalue weighted by molar-refractivity contribution is 9.10. The zero-order valence-electron chi connectivity index (χ0n) is 18.5. The summed E-state index contributed by atoms with van der Waals surface area (Å²) < 4.78 is 26.0. The van der Waals surface area contributed by atoms with E-state index in [2.05, 4.69) is 20.8 Å². The Morgan fingerprint density at radius 3 is 2.65 bits per heavy atom. The molecule has 0 aromatic heterocycles. The highest BCUT2D eigenvalue weighted by Crippen LogP contribution is 2.41. The Hall–Kier alpha value is -1.89. The largest absolute Gasteiger partial charge is 0.490 e. The van der Waals surface area contributed by atoms with Crippen molar-refractivity contribution in [1.29, 1.82) is 0 Å². The van der Waals surface area contributed by atoms with Crippen LogP contribution in [0.3, 0.4) is 0 Å². The molecule has 2 fully saturated rings. The van der Waals surface area contributed by atoms with Gasteiger partial charge >= 0.3 is 6.09 Å². The van der Waals surface area contributed by atoms with Crippen molar-refractivity contribution in [2.45, 2.75) is 45.1 Å². The number of halogens is 2. The van der Waals surface area contributed by atoms with Gasteiger partial charge in [-0.2, -0.15) is 0 Å². The van der Waals surface area contributed by atoms with Crippen LogP contribution in [0.5, 0.6) is 0 Å². The number of carbonyl (C=O) groups is 1. The SMILES string of the molecule is COC(=C=O)C[C@H](CN1CC2(CCN(C(=O)OC(C)(C)C)C2)C1)c1cc(Br)ccc1F. The Morgan fingerprint density at radius 1 is 1.32 bits per heavy atom. The standard InChI is InChI=1S/C23H30BrFN2O4/c1-22(2,3)31-21(29)27-8-7-23(15-27)13-26(14-23)11-16(9-18(12-28)30-4)19-10-17(24)5-6-20(19)25/h5-6,10,16H,7-9,11,13-15H2,1-4H3/t16-/m1/s1. The number of hydrogen-bond acceptors (Lipinski definition) is 5. The van der Waals surface area contributed by atoms with E-state index in [1.165, 1.54) is 13.2 Å². The number of allylic oxidation sites excluding steroid dienone is 1. The van der Waals surface area contributed by atoms with E-state index in [4.69, 9.17) is 9.47 Å². The number of rotatable bonds is 6. The van der Waals surface area contributed by atoms with Gasteiger partial charge in [-0.05, 0) is 51.0 Å². The molecular formula is C23H30BrFN2O4. The number of ether oxygens (including phenoxy) is 2. The molecule has 2 aliphatic heterocycles. The van der Waals surface area contributed by atoms with Gasteiger partial charge in [0.05, 0.1) is 7.11 Å². The molecular weight excluding hydrogens is 467 g/mol. The van der Waals surface area contributed by atoms with E-state index >= 15 is 0 Å². The molecule has 2 aliphatic rings. The lowest BCUT2D eigenvalue weighted by Gasteiger charge is -2.49. The molecule has 0 saturated carbocycles. The molecule has 2 saturated heterocycles. The number of methoxy groups -OCH3 is 1. The number of benzene rings is 1. The zero-order chi connectivity index (χ0) is 22.8. The Bertz CT molecular complexity index is 873. The van der Waals surface area contributed by atoms with E-state index in [1.54, 1.807) is 17.0 Å². The van der Waals surface area contributed by atoms with Crippen LogP contribution >= 0.6 is 15.9 Å². The topological polar surface area (TPSA) is 59.1 Å². The van der Waals surface area contributed by atoms with Crippen molar-refractivity contribution in [1.82, 2.24) is 9.80 Å². The van der Waals surface area contributed by atoms with Gasteiger partial charge in [0.25, 0.3) is 0 Å². The smallest absolute Gasteiger partial charge is 0.410 e. The highest BCUT2D eigenvalue weighted by atomic mass is 79.9. The summed E-state index contributed by atoms with van der Waals surface area (Å²) in [7, 11) is 1.43. The van der Waals surface area contributed by atoms with Crippen molar-refractivity contribution in [3.8, 4) is 0 Å². The molecule has 0 radical (unpaired) electrons. The maximum atomic E-state index is 14.6. The summed E-state index contributed by atoms with van der Waals surface area (Å²) in [6, 6.07) is 4.84. The fourth-order valence-corrected chi connectivity index (χ4v) is 4.89. The second kappa shape index (κ2) is 9.31. The van der Waals surface area contributed by atoms with Crippen LogP contribution in [0.2, 0.25) is 0 Å². The summed E-state index contributed by atoms with van der Waals surface area (Å²) in [5.74, 6) is 1.45. The molecule has 3 rings (SSSR count). The van der Waals surface area contributed by atoms with Gasteiger partial charge < -0.3 is 19.3 Å². The summed E-state index contributed by atoms with van der Waals surface area (Å²) in [6.45, 7) is 9.20. The van der Waals surface area contributed by atoms with Gasteiger partial charge in [-0.1, -0.05) is 15.9 Å². The van der Waals surface area contributed by atoms with Gasteiger partial charge in [-0.25, -0.2) is 14.0 Å². The number of hydrogen-bond donors (Lipinski definition) is 0. The lowest BCUT2D eigenvalue weighted by Crippen LogP contribution is -2.58. The second-order valence-corrected chi connectivity index (χ2v) is 10.5. The Balaban J connectivity index is 1.65. The molecule has 2 heterocycles. The van der Waals surface area contributed by atoms with Gasteiger partial charge in [0.15, 0.2) is 11.7 Å². The third-order valence-corrected chi connectivity index (χ3v) is 6.37. The Morgan fingerprint density at radius 2 is 2.03 bits per heavy atom. The van der Waals surface area contributed by atoms with Crippen LogP contribution < -0.4 is 0 Å². The number of nitrogens with zero attached hydrogens (tertiary/aromatic N) is 2. The third-order valence-electron chi connectivity index (χ3n) is 5.88. The van der Waals surface area contributed by atoms with Crippen LogP contribution in [0.1, 0.15) is 45.1 Å². The second-order valence-electron chi connectivity index (χ2n) is 9.62. The first-order valence-corrected chi connectivity index (χ1v) is 11.3. The van der Waals surface area contributed by atoms with Crippen molar-refractivity contribution in [2.75, 3.05) is 39.8 Å². The summed E-state index contributed by atoms with van der Waals surface area (Å²) >= 11 is 3.41. The van der Waals surface area contributed by atoms with Gasteiger partial charge in [0.2, 0.25) is 0 Å². The van der Waals surface area contributed by atoms with E-state index in [0.29, 0.717) is 25.2 Å². The molecule has 1 spiro atoms. The molecule has 0 N–H and O–H groups in total. The molecule has 8 heteroatoms. The quantitative estimate of drug-likeness (QED) is 0.432. The molecule has 1 aromatic carbocycles. The predicted octanol–water partition coefficient (Wildman–Crippen LogP) is 4.37. The van der Waals surface area contributed by atoms with Crippen molar-refractivity contribution >= 4 is 28.0 Å². The van der Waals surface area contributed by atoms with Crippen LogP contribution in [0.15, 0.2) is 28.4 Å². The summed E-state index contributed by atoms with van der Waals surface area (Å²) in [5, 5.41) is 0. The molecule has 1 amide bonds. The van der Waals surface area contributed by atoms with Gasteiger partial charge in [0, 0.05) is 55.0 Å². The minimum absolute atomic E-state index is 0.0574. The number of likely N-dealkylation sites (tertiary alicyclic amines) is 2. The summed E-state index contributed by atoms with van der Waals surface area (Å²) in [6.07, 6.45) is 0.940. The van der Waals surface area contributed by atoms with Crippen LogP contribution in [0.25, 0.3) is 0 Å². The van der Waals surface area contributed by atoms with Gasteiger partial charge in [-0.3, -0.25) is 0 Å². The van der Waals surface area contributed by atoms with Crippen LogP contribution in [-0.4, -0.2) is 67.3 Å². The lowest BCUT2D eigenvalue weighted by atomic mass is 9.78. The normalized spacial score (nSPS) is 19.0. The fraction of sp³-hybridized carbons (Fsp3) is 0.609. The summed E-state index contributed by atoms with van der Waals surface area (Å²) in [5.41, 5.74) is 0.0918. The number of carbonyl (C=O) groups excluding carboxylic acids is 2. The molecule has 0 unspecified atom stereocenters. The molecule has 1 aromatic rings. The summed E-state index contributed by atoms with van der Waals surface area (Å²) in [4.78, 5) is 27.6. The van der Waals surface area contributed by atoms with E-state index < -0.39 is 5.60 Å². The molecule has 0 aliphatic carbocycles. The number of amides is 1. The highest BCUT2D eigenvalue weighted by Gasteiger charge is 2.49. The average Bonchev–Trinajstić information content (AvgIpc) is 3.11. The molecule has 6 nitrogen and oxygen atoms in total. The van der Waals surface area contributed by atoms with E-state index in [-0.39, 0.29) is 35.4 Å². The minimum atomic E-state index is -0.509. The average molecular weight is 497 g/mol. The first-order chi connectivity index (χ1) is 14.5. The molecule has 1 atom stereocenters. The van der Waals surface area contributed by atoms with E-state index in [9.17, 15) is 14.0 Å². The van der Waals surface area contributed by atoms with E-state index in [0.717, 1.165) is 24.0 Å². The first kappa shape index (κ1) is 23.8. The first-order valence-electron chi connectivity index (χ1n) is 10.5. The van der Waals surface area contributed by atoms with Crippen molar-refractivity contribution in [2.24, 2.45) is 5.41 Å². The van der Waals surface area contributed by atoms with Gasteiger partial charge in [-0.15, -0.1) is 0 Å². The van der Waals surface area contributed by atoms with Crippen molar-refractivity contribution in [3.05, 3.63) is 39.8 Å². The monoisotopic (exact) mass is 496 g/mol. The van der Waals surface area contributed by atoms with Crippen molar-refractivity contribution < 1.29 is 23.5 Å². The minimum Gasteiger partial charge on any atom is -0.490 e. The Kier molecular flexibility index (Phi) is 7.14. The zero-order valence-corrected chi connectivity index (χ0v) is 20.1. The van der Waals surface area contributed by atoms with Crippen LogP contribution in [0.4, 0.5) is 9.18 Å². The van der Waals surface area contributed by atoms with Crippen LogP contribution in [0, 0.1) is 11.2 Å². The van der Waals surface area contributed by atoms with E-state index in [1.807, 2.05) is 26.7 Å². The third kappa shape index (κ3) is 5.88. The molecule has 170 valence electrons. The molecule has 31 heavy (non-hydrogen) atoms. The van der Waals surface area contributed by atoms with Crippen LogP contribution in [-0.2, 0) is 14.3 Å². The molecule has 0 bridgehead atoms. The van der Waals surface area contributed by atoms with Crippen molar-refractivity contribution in [3.63, 3.8) is 0 Å². The Labute approximate surface area is 191 Å².